The summed E-state index contributed by atoms with van der Waals surface area (Å²) in [5.74, 6) is -0.421. The van der Waals surface area contributed by atoms with Crippen molar-refractivity contribution >= 4 is 18.3 Å². The van der Waals surface area contributed by atoms with Gasteiger partial charge in [-0.15, -0.1) is 12.4 Å². The highest BCUT2D eigenvalue weighted by atomic mass is 35.5. The van der Waals surface area contributed by atoms with Gasteiger partial charge in [-0.25, -0.2) is 0 Å². The van der Waals surface area contributed by atoms with Gasteiger partial charge in [0.05, 0.1) is 48.5 Å². The second-order valence-electron chi connectivity index (χ2n) is 10.5. The number of amides is 1. The van der Waals surface area contributed by atoms with Crippen LogP contribution in [0, 0.1) is 5.92 Å². The second kappa shape index (κ2) is 12.1. The Morgan fingerprint density at radius 3 is 2.20 bits per heavy atom. The van der Waals surface area contributed by atoms with E-state index in [2.05, 4.69) is 5.32 Å². The Morgan fingerprint density at radius 1 is 1.02 bits per heavy atom. The van der Waals surface area contributed by atoms with E-state index in [4.69, 9.17) is 9.47 Å². The molecule has 0 aromatic heterocycles. The van der Waals surface area contributed by atoms with Gasteiger partial charge in [-0.2, -0.15) is 26.3 Å². The van der Waals surface area contributed by atoms with Crippen LogP contribution in [-0.4, -0.2) is 61.0 Å². The lowest BCUT2D eigenvalue weighted by molar-refractivity contribution is -0.143. The van der Waals surface area contributed by atoms with Crippen LogP contribution < -0.4 is 5.32 Å². The van der Waals surface area contributed by atoms with Gasteiger partial charge in [-0.1, -0.05) is 30.3 Å². The van der Waals surface area contributed by atoms with Crippen molar-refractivity contribution in [2.24, 2.45) is 5.92 Å². The number of nitrogens with zero attached hydrogens (tertiary/aromatic N) is 1. The fraction of sp³-hybridized carbons (Fsp3) is 0.536. The molecule has 5 atom stereocenters. The summed E-state index contributed by atoms with van der Waals surface area (Å²) in [5.41, 5.74) is -3.52. The molecule has 0 unspecified atom stereocenters. The number of hydrogen-bond acceptors (Lipinski definition) is 5. The van der Waals surface area contributed by atoms with E-state index in [1.807, 2.05) is 30.3 Å². The molecule has 3 saturated heterocycles. The molecule has 2 aromatic rings. The molecule has 6 nitrogen and oxygen atoms in total. The quantitative estimate of drug-likeness (QED) is 0.447. The van der Waals surface area contributed by atoms with E-state index in [-0.39, 0.29) is 30.4 Å². The number of carbonyl (C=O) groups is 1. The number of aliphatic hydroxyl groups is 1. The number of morpholine rings is 1. The third-order valence-electron chi connectivity index (χ3n) is 8.17. The Hall–Kier alpha value is -2.38. The maximum atomic E-state index is 13.5. The van der Waals surface area contributed by atoms with Crippen LogP contribution >= 0.6 is 12.4 Å². The minimum atomic E-state index is -5.03. The number of hydrogen-bond donors (Lipinski definition) is 2. The number of alkyl halides is 6. The third-order valence-corrected chi connectivity index (χ3v) is 8.17. The van der Waals surface area contributed by atoms with Crippen molar-refractivity contribution in [1.82, 2.24) is 10.2 Å². The summed E-state index contributed by atoms with van der Waals surface area (Å²) in [5, 5.41) is 13.7. The van der Waals surface area contributed by atoms with E-state index in [1.165, 1.54) is 0 Å². The van der Waals surface area contributed by atoms with E-state index in [9.17, 15) is 36.2 Å². The first kappa shape index (κ1) is 31.6. The SMILES string of the molecule is Cl.O=C([C@@H]1C[C@]2(c3ccccc3)N[C@H]1CC[C@H]2O[C@@H](CO)c1cc(C(F)(F)F)cc(C(F)(F)F)c1)N1CCOCC1. The van der Waals surface area contributed by atoms with E-state index in [0.29, 0.717) is 57.7 Å². The van der Waals surface area contributed by atoms with Gasteiger partial charge < -0.3 is 24.8 Å². The number of aliphatic hydroxyl groups excluding tert-OH is 1. The highest BCUT2D eigenvalue weighted by Gasteiger charge is 2.57. The van der Waals surface area contributed by atoms with Crippen LogP contribution in [0.2, 0.25) is 0 Å². The standard InChI is InChI=1S/C28H30F6N2O4.ClH/c29-27(30,31)19-12-17(13-20(14-19)28(32,33)34)23(16-37)40-24-7-6-22-21(25(38)36-8-10-39-11-9-36)15-26(24,35-22)18-4-2-1-3-5-18;/h1-5,12-14,21-24,35,37H,6-11,15-16H2;1H/t21-,22+,23+,24-,26-;/m1./s1. The number of carbonyl (C=O) groups excluding carboxylic acids is 1. The maximum absolute atomic E-state index is 13.5. The lowest BCUT2D eigenvalue weighted by Gasteiger charge is -2.43. The fourth-order valence-corrected chi connectivity index (χ4v) is 6.23. The first-order valence-corrected chi connectivity index (χ1v) is 13.2. The minimum Gasteiger partial charge on any atom is -0.393 e. The molecule has 2 bridgehead atoms. The predicted octanol–water partition coefficient (Wildman–Crippen LogP) is 5.09. The molecule has 3 fully saturated rings. The summed E-state index contributed by atoms with van der Waals surface area (Å²) in [4.78, 5) is 15.3. The molecule has 3 aliphatic heterocycles. The van der Waals surface area contributed by atoms with Crippen LogP contribution in [0.3, 0.4) is 0 Å². The predicted molar refractivity (Wildman–Crippen MR) is 138 cm³/mol. The summed E-state index contributed by atoms with van der Waals surface area (Å²) >= 11 is 0. The Labute approximate surface area is 239 Å². The molecular formula is C28H31ClF6N2O4. The number of nitrogens with one attached hydrogen (secondary N) is 1. The summed E-state index contributed by atoms with van der Waals surface area (Å²) in [6.45, 7) is 1.01. The lowest BCUT2D eigenvalue weighted by atomic mass is 9.79. The second-order valence-corrected chi connectivity index (χ2v) is 10.5. The summed E-state index contributed by atoms with van der Waals surface area (Å²) in [7, 11) is 0. The molecule has 13 heteroatoms. The normalized spacial score (nSPS) is 27.3. The smallest absolute Gasteiger partial charge is 0.393 e. The summed E-state index contributed by atoms with van der Waals surface area (Å²) < 4.78 is 92.7. The molecular weight excluding hydrogens is 578 g/mol. The van der Waals surface area contributed by atoms with Crippen molar-refractivity contribution in [1.29, 1.82) is 0 Å². The van der Waals surface area contributed by atoms with Gasteiger partial charge in [0.2, 0.25) is 5.91 Å². The zero-order chi connectivity index (χ0) is 28.7. The Bertz CT molecular complexity index is 1180. The Balaban J connectivity index is 0.00000387. The molecule has 1 amide bonds. The highest BCUT2D eigenvalue weighted by molar-refractivity contribution is 5.85. The number of benzene rings is 2. The molecule has 41 heavy (non-hydrogen) atoms. The topological polar surface area (TPSA) is 71.0 Å². The number of halogens is 7. The lowest BCUT2D eigenvalue weighted by Crippen LogP contribution is -2.55. The number of piperidine rings is 1. The first-order chi connectivity index (χ1) is 18.9. The van der Waals surface area contributed by atoms with Crippen molar-refractivity contribution in [2.45, 2.75) is 55.4 Å². The maximum Gasteiger partial charge on any atom is 0.416 e. The molecule has 0 aliphatic carbocycles. The van der Waals surface area contributed by atoms with Crippen LogP contribution in [0.1, 0.15) is 47.6 Å². The van der Waals surface area contributed by atoms with Crippen LogP contribution in [0.4, 0.5) is 26.3 Å². The van der Waals surface area contributed by atoms with Crippen LogP contribution in [0.25, 0.3) is 0 Å². The number of rotatable bonds is 6. The molecule has 0 spiro atoms. The van der Waals surface area contributed by atoms with Crippen molar-refractivity contribution in [3.63, 3.8) is 0 Å². The van der Waals surface area contributed by atoms with Crippen molar-refractivity contribution < 1.29 is 45.7 Å². The van der Waals surface area contributed by atoms with E-state index in [1.54, 1.807) is 4.90 Å². The van der Waals surface area contributed by atoms with Crippen LogP contribution in [-0.2, 0) is 32.2 Å². The highest BCUT2D eigenvalue weighted by Crippen LogP contribution is 2.49. The van der Waals surface area contributed by atoms with Gasteiger partial charge in [-0.3, -0.25) is 4.79 Å². The van der Waals surface area contributed by atoms with E-state index >= 15 is 0 Å². The molecule has 5 rings (SSSR count). The van der Waals surface area contributed by atoms with Gasteiger partial charge >= 0.3 is 12.4 Å². The largest absolute Gasteiger partial charge is 0.416 e. The van der Waals surface area contributed by atoms with Crippen LogP contribution in [0.15, 0.2) is 48.5 Å². The summed E-state index contributed by atoms with van der Waals surface area (Å²) in [6.07, 6.45) is -11.0. The Morgan fingerprint density at radius 2 is 1.63 bits per heavy atom. The fourth-order valence-electron chi connectivity index (χ4n) is 6.23. The van der Waals surface area contributed by atoms with Gasteiger partial charge in [0.15, 0.2) is 0 Å². The average molecular weight is 609 g/mol. The zero-order valence-corrected chi connectivity index (χ0v) is 22.7. The van der Waals surface area contributed by atoms with Gasteiger partial charge in [0.25, 0.3) is 0 Å². The summed E-state index contributed by atoms with van der Waals surface area (Å²) in [6, 6.07) is 10.2. The monoisotopic (exact) mass is 608 g/mol. The molecule has 2 aromatic carbocycles. The molecule has 226 valence electrons. The number of fused-ring (bicyclic) bond motifs is 2. The molecule has 2 N–H and O–H groups in total. The zero-order valence-electron chi connectivity index (χ0n) is 21.9. The van der Waals surface area contributed by atoms with E-state index < -0.39 is 59.3 Å². The average Bonchev–Trinajstić information content (AvgIpc) is 3.26. The van der Waals surface area contributed by atoms with Gasteiger partial charge in [0, 0.05) is 19.1 Å². The number of ether oxygens (including phenoxy) is 2. The van der Waals surface area contributed by atoms with Crippen molar-refractivity contribution in [2.75, 3.05) is 32.9 Å². The third kappa shape index (κ3) is 6.36. The minimum absolute atomic E-state index is 0. The molecule has 3 aliphatic rings. The van der Waals surface area contributed by atoms with Crippen molar-refractivity contribution in [3.05, 3.63) is 70.8 Å². The molecule has 0 radical (unpaired) electrons. The van der Waals surface area contributed by atoms with E-state index in [0.717, 1.165) is 5.56 Å². The van der Waals surface area contributed by atoms with Crippen molar-refractivity contribution in [3.8, 4) is 0 Å². The van der Waals surface area contributed by atoms with Crippen LogP contribution in [0.5, 0.6) is 0 Å². The molecule has 3 heterocycles. The first-order valence-electron chi connectivity index (χ1n) is 13.2. The van der Waals surface area contributed by atoms with Gasteiger partial charge in [0.1, 0.15) is 6.10 Å². The molecule has 0 saturated carbocycles. The Kier molecular flexibility index (Phi) is 9.30. The van der Waals surface area contributed by atoms with Gasteiger partial charge in [-0.05, 0) is 48.6 Å².